The molecule has 5 nitrogen and oxygen atoms in total. The fourth-order valence-corrected chi connectivity index (χ4v) is 8.12. The zero-order valence-electron chi connectivity index (χ0n) is 16.1. The van der Waals surface area contributed by atoms with Gasteiger partial charge in [0.15, 0.2) is 5.78 Å². The number of allylic oxidation sites excluding steroid dienone is 1. The molecule has 5 rings (SSSR count). The zero-order chi connectivity index (χ0) is 19.8. The van der Waals surface area contributed by atoms with E-state index in [0.29, 0.717) is 41.0 Å². The number of hydrogen-bond donors (Lipinski definition) is 2. The Morgan fingerprint density at radius 1 is 1.21 bits per heavy atom. The summed E-state index contributed by atoms with van der Waals surface area (Å²) >= 11 is 6.39. The van der Waals surface area contributed by atoms with Crippen molar-refractivity contribution < 1.29 is 24.5 Å². The number of hydrogen-bond acceptors (Lipinski definition) is 4. The van der Waals surface area contributed by atoms with Crippen molar-refractivity contribution in [3.05, 3.63) is 22.9 Å². The fraction of sp³-hybridized carbons (Fsp3) is 0.727. The zero-order valence-corrected chi connectivity index (χ0v) is 16.8. The van der Waals surface area contributed by atoms with E-state index < -0.39 is 11.8 Å². The second kappa shape index (κ2) is 6.09. The molecule has 0 heterocycles. The Balaban J connectivity index is 1.45. The van der Waals surface area contributed by atoms with Crippen molar-refractivity contribution in [1.82, 2.24) is 0 Å². The van der Waals surface area contributed by atoms with Crippen molar-refractivity contribution in [3.8, 4) is 0 Å². The van der Waals surface area contributed by atoms with Gasteiger partial charge in [-0.15, -0.1) is 0 Å². The molecule has 8 atom stereocenters. The molecule has 0 aromatic carbocycles. The Morgan fingerprint density at radius 3 is 2.75 bits per heavy atom. The number of ether oxygens (including phenoxy) is 1. The lowest BCUT2D eigenvalue weighted by Crippen LogP contribution is -2.54. The molecule has 0 radical (unpaired) electrons. The summed E-state index contributed by atoms with van der Waals surface area (Å²) in [6.07, 6.45) is 7.76. The monoisotopic (exact) mass is 406 g/mol. The van der Waals surface area contributed by atoms with Crippen LogP contribution in [0.1, 0.15) is 51.9 Å². The summed E-state index contributed by atoms with van der Waals surface area (Å²) in [5.41, 5.74) is -0.0626. The molecule has 5 aliphatic carbocycles. The highest BCUT2D eigenvalue weighted by atomic mass is 35.5. The van der Waals surface area contributed by atoms with Gasteiger partial charge in [-0.2, -0.15) is 0 Å². The molecule has 4 saturated carbocycles. The second-order valence-corrected chi connectivity index (χ2v) is 10.2. The third kappa shape index (κ3) is 2.35. The van der Waals surface area contributed by atoms with Crippen molar-refractivity contribution in [2.24, 2.45) is 40.9 Å². The largest absolute Gasteiger partial charge is 0.510 e. The highest BCUT2D eigenvalue weighted by Crippen LogP contribution is 2.76. The summed E-state index contributed by atoms with van der Waals surface area (Å²) in [4.78, 5) is 22.8. The van der Waals surface area contributed by atoms with Crippen LogP contribution in [0, 0.1) is 40.9 Å². The van der Waals surface area contributed by atoms with Gasteiger partial charge < -0.3 is 14.9 Å². The summed E-state index contributed by atoms with van der Waals surface area (Å²) in [5.74, 6) is 2.76. The maximum absolute atomic E-state index is 12.1. The quantitative estimate of drug-likeness (QED) is 0.521. The van der Waals surface area contributed by atoms with Gasteiger partial charge in [-0.25, -0.2) is 4.79 Å². The van der Waals surface area contributed by atoms with E-state index in [1.807, 2.05) is 0 Å². The first-order chi connectivity index (χ1) is 13.3. The lowest BCUT2D eigenvalue weighted by molar-refractivity contribution is -0.120. The minimum Gasteiger partial charge on any atom is -0.449 e. The van der Waals surface area contributed by atoms with E-state index in [2.05, 4.69) is 11.7 Å². The molecule has 0 aromatic rings. The first kappa shape index (κ1) is 18.7. The third-order valence-electron chi connectivity index (χ3n) is 8.94. The molecule has 0 saturated heterocycles. The number of aliphatic hydroxyl groups is 1. The van der Waals surface area contributed by atoms with E-state index in [9.17, 15) is 14.7 Å². The van der Waals surface area contributed by atoms with E-state index in [1.165, 1.54) is 5.57 Å². The van der Waals surface area contributed by atoms with E-state index in [0.717, 1.165) is 44.8 Å². The Kier molecular flexibility index (Phi) is 4.06. The summed E-state index contributed by atoms with van der Waals surface area (Å²) in [7, 11) is 0. The Labute approximate surface area is 169 Å². The number of carbonyl (C=O) groups excluding carboxylic acids is 1. The normalized spacial score (nSPS) is 49.3. The molecule has 0 unspecified atom stereocenters. The van der Waals surface area contributed by atoms with Crippen LogP contribution >= 0.6 is 11.6 Å². The fourth-order valence-electron chi connectivity index (χ4n) is 7.79. The number of carbonyl (C=O) groups is 2. The number of carboxylic acid groups (broad SMARTS) is 1. The Hall–Kier alpha value is -1.33. The van der Waals surface area contributed by atoms with Crippen molar-refractivity contribution in [2.45, 2.75) is 57.5 Å². The first-order valence-electron chi connectivity index (χ1n) is 10.5. The predicted molar refractivity (Wildman–Crippen MR) is 102 cm³/mol. The first-order valence-corrected chi connectivity index (χ1v) is 10.9. The van der Waals surface area contributed by atoms with E-state index >= 15 is 0 Å². The number of fused-ring (bicyclic) bond motifs is 7. The Bertz CT molecular complexity index is 803. The topological polar surface area (TPSA) is 83.8 Å². The summed E-state index contributed by atoms with van der Waals surface area (Å²) in [6.45, 7) is 2.19. The average molecular weight is 407 g/mol. The van der Waals surface area contributed by atoms with Crippen LogP contribution in [0.2, 0.25) is 0 Å². The molecule has 28 heavy (non-hydrogen) atoms. The van der Waals surface area contributed by atoms with Gasteiger partial charge in [0.2, 0.25) is 0 Å². The van der Waals surface area contributed by atoms with E-state index in [1.54, 1.807) is 6.08 Å². The number of Topliss-reactive ketones (excluding diaryl/α,β-unsaturated/α-hetero) is 1. The minimum atomic E-state index is -1.36. The van der Waals surface area contributed by atoms with Gasteiger partial charge in [0.25, 0.3) is 0 Å². The molecule has 4 fully saturated rings. The Morgan fingerprint density at radius 2 is 2.00 bits per heavy atom. The van der Waals surface area contributed by atoms with Gasteiger partial charge in [0.05, 0.1) is 16.9 Å². The highest BCUT2D eigenvalue weighted by molar-refractivity contribution is 6.43. The van der Waals surface area contributed by atoms with Crippen LogP contribution in [0.25, 0.3) is 0 Å². The number of rotatable bonds is 2. The van der Waals surface area contributed by atoms with E-state index in [4.69, 9.17) is 16.7 Å². The molecule has 5 aliphatic rings. The van der Waals surface area contributed by atoms with Crippen molar-refractivity contribution >= 4 is 23.5 Å². The number of ketones is 1. The molecular formula is C22H27ClO5. The molecule has 0 aliphatic heterocycles. The van der Waals surface area contributed by atoms with Crippen molar-refractivity contribution in [3.63, 3.8) is 0 Å². The number of halogens is 1. The molecule has 2 N–H and O–H groups in total. The van der Waals surface area contributed by atoms with Gasteiger partial charge in [-0.1, -0.05) is 18.5 Å². The maximum Gasteiger partial charge on any atom is 0.510 e. The van der Waals surface area contributed by atoms with Gasteiger partial charge in [-0.05, 0) is 85.7 Å². The van der Waals surface area contributed by atoms with Crippen LogP contribution in [-0.2, 0) is 9.53 Å². The molecular weight excluding hydrogens is 380 g/mol. The van der Waals surface area contributed by atoms with E-state index in [-0.39, 0.29) is 17.1 Å². The lowest BCUT2D eigenvalue weighted by atomic mass is 9.49. The third-order valence-corrected chi connectivity index (χ3v) is 9.39. The standard InChI is InChI=1S/C22H27ClO5/c1-21-7-6-12-11-4-5-17(24)19(23)14(11)3-2-13(12)18(21)15-10-16(15)22(21,27)8-9-28-20(25)26/h8-9,11-13,15-16,18,27H,2-7,10H2,1H3,(H,25,26)/b9-8-/t11-,12-,13-,15+,16-,18-,21+,22+/m1/s1. The molecule has 0 spiro atoms. The summed E-state index contributed by atoms with van der Waals surface area (Å²) in [5, 5.41) is 20.9. The van der Waals surface area contributed by atoms with Crippen LogP contribution in [0.4, 0.5) is 4.79 Å². The maximum atomic E-state index is 12.1. The van der Waals surface area contributed by atoms with Crippen LogP contribution < -0.4 is 0 Å². The predicted octanol–water partition coefficient (Wildman–Crippen LogP) is 4.49. The van der Waals surface area contributed by atoms with Crippen LogP contribution in [0.15, 0.2) is 22.9 Å². The van der Waals surface area contributed by atoms with Gasteiger partial charge >= 0.3 is 6.16 Å². The molecule has 6 heteroatoms. The molecule has 152 valence electrons. The van der Waals surface area contributed by atoms with Crippen LogP contribution in [-0.4, -0.2) is 27.8 Å². The SMILES string of the molecule is C[C@]12CC[C@H]3[C@@H](CCC4=C(Cl)C(=O)CC[C@@H]43)[C@@H]1[C@H]1C[C@H]1[C@@]2(O)/C=C\OC(=O)O. The van der Waals surface area contributed by atoms with Crippen molar-refractivity contribution in [1.29, 1.82) is 0 Å². The average Bonchev–Trinajstić information content (AvgIpc) is 3.40. The highest BCUT2D eigenvalue weighted by Gasteiger charge is 2.75. The summed E-state index contributed by atoms with van der Waals surface area (Å²) in [6, 6.07) is 0. The smallest absolute Gasteiger partial charge is 0.449 e. The molecule has 0 bridgehead atoms. The minimum absolute atomic E-state index is 0.105. The van der Waals surface area contributed by atoms with Gasteiger partial charge in [0.1, 0.15) is 0 Å². The van der Waals surface area contributed by atoms with Gasteiger partial charge in [0, 0.05) is 11.8 Å². The van der Waals surface area contributed by atoms with Crippen molar-refractivity contribution in [2.75, 3.05) is 0 Å². The van der Waals surface area contributed by atoms with Crippen LogP contribution in [0.5, 0.6) is 0 Å². The molecule has 0 aromatic heterocycles. The lowest BCUT2D eigenvalue weighted by Gasteiger charge is -2.56. The molecule has 0 amide bonds. The second-order valence-electron chi connectivity index (χ2n) is 9.77. The van der Waals surface area contributed by atoms with Gasteiger partial charge in [-0.3, -0.25) is 4.79 Å². The summed E-state index contributed by atoms with van der Waals surface area (Å²) < 4.78 is 4.58. The van der Waals surface area contributed by atoms with Crippen LogP contribution in [0.3, 0.4) is 0 Å².